The van der Waals surface area contributed by atoms with E-state index in [0.717, 1.165) is 25.9 Å². The van der Waals surface area contributed by atoms with Crippen LogP contribution in [-0.2, 0) is 14.3 Å². The second-order valence-corrected chi connectivity index (χ2v) is 6.79. The molecule has 7 nitrogen and oxygen atoms in total. The summed E-state index contributed by atoms with van der Waals surface area (Å²) >= 11 is 0. The van der Waals surface area contributed by atoms with E-state index < -0.39 is 0 Å². The smallest absolute Gasteiger partial charge is 0.409 e. The number of amides is 3. The molecule has 142 valence electrons. The molecule has 2 aliphatic rings. The molecule has 2 unspecified atom stereocenters. The number of ether oxygens (including phenoxy) is 1. The summed E-state index contributed by atoms with van der Waals surface area (Å²) in [6, 6.07) is 0. The highest BCUT2D eigenvalue weighted by molar-refractivity contribution is 5.92. The maximum atomic E-state index is 12.6. The van der Waals surface area contributed by atoms with E-state index in [4.69, 9.17) is 4.74 Å². The topological polar surface area (TPSA) is 70.2 Å². The fourth-order valence-electron chi connectivity index (χ4n) is 3.41. The highest BCUT2D eigenvalue weighted by atomic mass is 16.6. The van der Waals surface area contributed by atoms with Crippen LogP contribution in [0.4, 0.5) is 4.79 Å². The maximum absolute atomic E-state index is 12.6. The first kappa shape index (κ1) is 19.5. The van der Waals surface area contributed by atoms with Crippen molar-refractivity contribution in [2.75, 3.05) is 45.9 Å². The first-order chi connectivity index (χ1) is 12.0. The van der Waals surface area contributed by atoms with Crippen LogP contribution in [0.5, 0.6) is 0 Å². The van der Waals surface area contributed by atoms with Gasteiger partial charge in [-0.15, -0.1) is 0 Å². The Labute approximate surface area is 150 Å². The van der Waals surface area contributed by atoms with E-state index in [9.17, 15) is 14.4 Å². The zero-order chi connectivity index (χ0) is 18.4. The van der Waals surface area contributed by atoms with Crippen LogP contribution < -0.4 is 0 Å². The molecule has 2 rings (SSSR count). The van der Waals surface area contributed by atoms with E-state index in [-0.39, 0.29) is 29.7 Å². The number of nitrogens with zero attached hydrogens (tertiary/aromatic N) is 3. The highest BCUT2D eigenvalue weighted by Gasteiger charge is 2.50. The number of hydrogen-bond donors (Lipinski definition) is 0. The molecule has 3 amide bonds. The third-order valence-electron chi connectivity index (χ3n) is 4.84. The Kier molecular flexibility index (Phi) is 7.08. The van der Waals surface area contributed by atoms with E-state index in [2.05, 4.69) is 13.8 Å². The van der Waals surface area contributed by atoms with Gasteiger partial charge in [0.05, 0.1) is 18.4 Å². The van der Waals surface area contributed by atoms with Crippen LogP contribution >= 0.6 is 0 Å². The van der Waals surface area contributed by atoms with Crippen molar-refractivity contribution in [2.45, 2.75) is 40.0 Å². The Morgan fingerprint density at radius 1 is 0.920 bits per heavy atom. The van der Waals surface area contributed by atoms with E-state index in [1.165, 1.54) is 0 Å². The van der Waals surface area contributed by atoms with Crippen molar-refractivity contribution >= 4 is 17.9 Å². The van der Waals surface area contributed by atoms with E-state index in [1.54, 1.807) is 16.7 Å². The van der Waals surface area contributed by atoms with Crippen LogP contribution in [0.2, 0.25) is 0 Å². The summed E-state index contributed by atoms with van der Waals surface area (Å²) in [5.74, 6) is -0.117. The van der Waals surface area contributed by atoms with Crippen LogP contribution in [0.3, 0.4) is 0 Å². The van der Waals surface area contributed by atoms with E-state index in [1.807, 2.05) is 4.90 Å². The summed E-state index contributed by atoms with van der Waals surface area (Å²) in [5.41, 5.74) is 0. The summed E-state index contributed by atoms with van der Waals surface area (Å²) in [5, 5.41) is 0. The Morgan fingerprint density at radius 3 is 2.00 bits per heavy atom. The van der Waals surface area contributed by atoms with Crippen LogP contribution in [-0.4, -0.2) is 78.5 Å². The second kappa shape index (κ2) is 9.06. The minimum atomic E-state index is -0.316. The first-order valence-corrected chi connectivity index (χ1v) is 9.52. The van der Waals surface area contributed by atoms with Crippen molar-refractivity contribution in [3.8, 4) is 0 Å². The van der Waals surface area contributed by atoms with E-state index in [0.29, 0.717) is 39.2 Å². The van der Waals surface area contributed by atoms with Gasteiger partial charge in [-0.25, -0.2) is 4.79 Å². The highest BCUT2D eigenvalue weighted by Crippen LogP contribution is 2.41. The molecule has 2 fully saturated rings. The van der Waals surface area contributed by atoms with Gasteiger partial charge in [0.25, 0.3) is 0 Å². The summed E-state index contributed by atoms with van der Waals surface area (Å²) < 4.78 is 4.99. The molecule has 0 radical (unpaired) electrons. The Bertz CT molecular complexity index is 483. The van der Waals surface area contributed by atoms with Crippen LogP contribution in [0.15, 0.2) is 0 Å². The van der Waals surface area contributed by atoms with Gasteiger partial charge in [-0.1, -0.05) is 13.8 Å². The standard InChI is InChI=1S/C18H31N3O4/c1-4-7-19(8-5-2)16(22)14-13-15(14)17(23)20-9-11-21(12-10-20)18(24)25-6-3/h14-15H,4-13H2,1-3H3. The van der Waals surface area contributed by atoms with Gasteiger partial charge in [0.15, 0.2) is 0 Å². The lowest BCUT2D eigenvalue weighted by atomic mass is 10.2. The Morgan fingerprint density at radius 2 is 1.48 bits per heavy atom. The lowest BCUT2D eigenvalue weighted by molar-refractivity contribution is -0.138. The largest absolute Gasteiger partial charge is 0.450 e. The molecule has 0 aromatic rings. The Balaban J connectivity index is 1.81. The SMILES string of the molecule is CCCN(CCC)C(=O)C1CC1C(=O)N1CCN(C(=O)OCC)CC1. The van der Waals surface area contributed by atoms with Crippen LogP contribution in [0.25, 0.3) is 0 Å². The predicted molar refractivity (Wildman–Crippen MR) is 93.9 cm³/mol. The van der Waals surface area contributed by atoms with Crippen molar-refractivity contribution in [1.82, 2.24) is 14.7 Å². The maximum Gasteiger partial charge on any atom is 0.409 e. The predicted octanol–water partition coefficient (Wildman–Crippen LogP) is 1.57. The minimum Gasteiger partial charge on any atom is -0.450 e. The van der Waals surface area contributed by atoms with E-state index >= 15 is 0 Å². The molecule has 1 aliphatic carbocycles. The van der Waals surface area contributed by atoms with Gasteiger partial charge in [-0.3, -0.25) is 9.59 Å². The molecule has 1 saturated heterocycles. The second-order valence-electron chi connectivity index (χ2n) is 6.79. The monoisotopic (exact) mass is 353 g/mol. The number of carbonyl (C=O) groups excluding carboxylic acids is 3. The molecule has 0 bridgehead atoms. The van der Waals surface area contributed by atoms with Gasteiger partial charge in [-0.2, -0.15) is 0 Å². The van der Waals surface area contributed by atoms with Crippen molar-refractivity contribution in [3.05, 3.63) is 0 Å². The summed E-state index contributed by atoms with van der Waals surface area (Å²) in [7, 11) is 0. The fourth-order valence-corrected chi connectivity index (χ4v) is 3.41. The van der Waals surface area contributed by atoms with Gasteiger partial charge in [-0.05, 0) is 26.2 Å². The molecule has 0 spiro atoms. The van der Waals surface area contributed by atoms with Crippen molar-refractivity contribution in [3.63, 3.8) is 0 Å². The lowest BCUT2D eigenvalue weighted by Gasteiger charge is -2.34. The summed E-state index contributed by atoms with van der Waals surface area (Å²) in [6.45, 7) is 9.82. The zero-order valence-electron chi connectivity index (χ0n) is 15.7. The molecule has 2 atom stereocenters. The minimum absolute atomic E-state index is 0.0646. The number of piperazine rings is 1. The van der Waals surface area contributed by atoms with Gasteiger partial charge in [0.1, 0.15) is 0 Å². The van der Waals surface area contributed by atoms with Crippen molar-refractivity contribution in [2.24, 2.45) is 11.8 Å². The number of rotatable bonds is 7. The number of hydrogen-bond acceptors (Lipinski definition) is 4. The first-order valence-electron chi connectivity index (χ1n) is 9.52. The Hall–Kier alpha value is -1.79. The third kappa shape index (κ3) is 4.86. The molecule has 1 saturated carbocycles. The van der Waals surface area contributed by atoms with Gasteiger partial charge < -0.3 is 19.4 Å². The number of carbonyl (C=O) groups is 3. The average Bonchev–Trinajstić information content (AvgIpc) is 3.41. The zero-order valence-corrected chi connectivity index (χ0v) is 15.7. The molecule has 25 heavy (non-hydrogen) atoms. The summed E-state index contributed by atoms with van der Waals surface area (Å²) in [6.07, 6.45) is 2.23. The van der Waals surface area contributed by atoms with Gasteiger partial charge in [0, 0.05) is 39.3 Å². The molecule has 0 aromatic carbocycles. The lowest BCUT2D eigenvalue weighted by Crippen LogP contribution is -2.51. The molecule has 7 heteroatoms. The molecule has 1 aliphatic heterocycles. The molecule has 0 aromatic heterocycles. The molecule has 0 N–H and O–H groups in total. The molecular formula is C18H31N3O4. The van der Waals surface area contributed by atoms with Crippen LogP contribution in [0, 0.1) is 11.8 Å². The molecule has 1 heterocycles. The van der Waals surface area contributed by atoms with Crippen molar-refractivity contribution < 1.29 is 19.1 Å². The van der Waals surface area contributed by atoms with Crippen molar-refractivity contribution in [1.29, 1.82) is 0 Å². The molecular weight excluding hydrogens is 322 g/mol. The quantitative estimate of drug-likeness (QED) is 0.697. The van der Waals surface area contributed by atoms with Crippen LogP contribution in [0.1, 0.15) is 40.0 Å². The fraction of sp³-hybridized carbons (Fsp3) is 0.833. The average molecular weight is 353 g/mol. The third-order valence-corrected chi connectivity index (χ3v) is 4.84. The summed E-state index contributed by atoms with van der Waals surface area (Å²) in [4.78, 5) is 42.2. The van der Waals surface area contributed by atoms with Gasteiger partial charge in [0.2, 0.25) is 11.8 Å². The van der Waals surface area contributed by atoms with Gasteiger partial charge >= 0.3 is 6.09 Å². The normalized spacial score (nSPS) is 22.5.